The Kier molecular flexibility index (Phi) is 6.64. The number of rotatable bonds is 5. The molecule has 0 unspecified atom stereocenters. The second-order valence-electron chi connectivity index (χ2n) is 6.37. The summed E-state index contributed by atoms with van der Waals surface area (Å²) in [4.78, 5) is 30.1. The Morgan fingerprint density at radius 2 is 1.86 bits per heavy atom. The summed E-state index contributed by atoms with van der Waals surface area (Å²) in [6, 6.07) is 0. The van der Waals surface area contributed by atoms with Crippen molar-refractivity contribution in [3.63, 3.8) is 0 Å². The number of carbonyl (C=O) groups excluding carboxylic acids is 2. The van der Waals surface area contributed by atoms with E-state index in [9.17, 15) is 14.7 Å². The van der Waals surface area contributed by atoms with Crippen LogP contribution in [-0.4, -0.2) is 83.5 Å². The van der Waals surface area contributed by atoms with Crippen molar-refractivity contribution in [3.8, 4) is 0 Å². The second-order valence-corrected chi connectivity index (χ2v) is 6.37. The van der Waals surface area contributed by atoms with Crippen molar-refractivity contribution < 1.29 is 14.7 Å². The standard InChI is InChI=1S/C16H29N3O3/c1-2-14(20)12-17-8-10-18(11-9-17)16(22)13-19-7-5-3-4-6-15(19)21/h14,20H,2-13H2,1H3/t14-/m1/s1. The molecule has 0 aliphatic carbocycles. The van der Waals surface area contributed by atoms with E-state index in [1.807, 2.05) is 11.8 Å². The Morgan fingerprint density at radius 1 is 1.14 bits per heavy atom. The predicted octanol–water partition coefficient (Wildman–Crippen LogP) is 0.304. The predicted molar refractivity (Wildman–Crippen MR) is 84.4 cm³/mol. The molecule has 126 valence electrons. The number of aliphatic hydroxyl groups is 1. The minimum atomic E-state index is -0.281. The van der Waals surface area contributed by atoms with Gasteiger partial charge in [-0.3, -0.25) is 14.5 Å². The first kappa shape index (κ1) is 17.2. The van der Waals surface area contributed by atoms with Crippen molar-refractivity contribution >= 4 is 11.8 Å². The molecule has 1 atom stereocenters. The first-order chi connectivity index (χ1) is 10.6. The van der Waals surface area contributed by atoms with Crippen molar-refractivity contribution in [2.45, 2.75) is 45.1 Å². The summed E-state index contributed by atoms with van der Waals surface area (Å²) in [5, 5.41) is 9.69. The van der Waals surface area contributed by atoms with E-state index in [1.54, 1.807) is 4.90 Å². The Bertz CT molecular complexity index is 381. The lowest BCUT2D eigenvalue weighted by atomic mass is 10.2. The zero-order valence-electron chi connectivity index (χ0n) is 13.7. The number of piperazine rings is 1. The quantitative estimate of drug-likeness (QED) is 0.793. The third-order valence-electron chi connectivity index (χ3n) is 4.66. The van der Waals surface area contributed by atoms with Crippen LogP contribution in [0, 0.1) is 0 Å². The second kappa shape index (κ2) is 8.48. The molecule has 22 heavy (non-hydrogen) atoms. The van der Waals surface area contributed by atoms with Crippen LogP contribution in [0.15, 0.2) is 0 Å². The molecule has 6 heteroatoms. The van der Waals surface area contributed by atoms with Crippen LogP contribution in [0.5, 0.6) is 0 Å². The number of carbonyl (C=O) groups is 2. The Balaban J connectivity index is 1.76. The molecule has 2 amide bonds. The molecular formula is C16H29N3O3. The van der Waals surface area contributed by atoms with Gasteiger partial charge in [0.25, 0.3) is 0 Å². The van der Waals surface area contributed by atoms with Gasteiger partial charge in [0.1, 0.15) is 0 Å². The molecule has 2 aliphatic rings. The Hall–Kier alpha value is -1.14. The highest BCUT2D eigenvalue weighted by atomic mass is 16.3. The number of hydrogen-bond donors (Lipinski definition) is 1. The lowest BCUT2D eigenvalue weighted by Gasteiger charge is -2.36. The maximum absolute atomic E-state index is 12.4. The van der Waals surface area contributed by atoms with Gasteiger partial charge in [-0.15, -0.1) is 0 Å². The van der Waals surface area contributed by atoms with Gasteiger partial charge in [0.2, 0.25) is 11.8 Å². The van der Waals surface area contributed by atoms with Gasteiger partial charge in [0, 0.05) is 45.7 Å². The molecule has 2 fully saturated rings. The summed E-state index contributed by atoms with van der Waals surface area (Å²) in [6.07, 6.45) is 4.09. The van der Waals surface area contributed by atoms with Crippen LogP contribution in [0.25, 0.3) is 0 Å². The molecular weight excluding hydrogens is 282 g/mol. The lowest BCUT2D eigenvalue weighted by molar-refractivity contribution is -0.141. The summed E-state index contributed by atoms with van der Waals surface area (Å²) >= 11 is 0. The van der Waals surface area contributed by atoms with E-state index >= 15 is 0 Å². The van der Waals surface area contributed by atoms with E-state index in [4.69, 9.17) is 0 Å². The Labute approximate surface area is 133 Å². The van der Waals surface area contributed by atoms with Gasteiger partial charge in [-0.1, -0.05) is 13.3 Å². The van der Waals surface area contributed by atoms with Gasteiger partial charge in [0.05, 0.1) is 12.6 Å². The summed E-state index contributed by atoms with van der Waals surface area (Å²) in [7, 11) is 0. The molecule has 0 saturated carbocycles. The molecule has 0 aromatic rings. The minimum Gasteiger partial charge on any atom is -0.392 e. The van der Waals surface area contributed by atoms with E-state index < -0.39 is 0 Å². The van der Waals surface area contributed by atoms with Crippen LogP contribution in [0.2, 0.25) is 0 Å². The van der Waals surface area contributed by atoms with Crippen LogP contribution in [0.3, 0.4) is 0 Å². The molecule has 0 aromatic heterocycles. The normalized spacial score (nSPS) is 22.5. The first-order valence-electron chi connectivity index (χ1n) is 8.56. The molecule has 2 aliphatic heterocycles. The van der Waals surface area contributed by atoms with Crippen LogP contribution in [0.4, 0.5) is 0 Å². The number of nitrogens with zero attached hydrogens (tertiary/aromatic N) is 3. The zero-order valence-corrected chi connectivity index (χ0v) is 13.7. The fraction of sp³-hybridized carbons (Fsp3) is 0.875. The van der Waals surface area contributed by atoms with E-state index in [0.29, 0.717) is 32.6 Å². The zero-order chi connectivity index (χ0) is 15.9. The number of hydrogen-bond acceptors (Lipinski definition) is 4. The summed E-state index contributed by atoms with van der Waals surface area (Å²) < 4.78 is 0. The van der Waals surface area contributed by atoms with E-state index in [-0.39, 0.29) is 24.5 Å². The largest absolute Gasteiger partial charge is 0.392 e. The number of likely N-dealkylation sites (tertiary alicyclic amines) is 1. The molecule has 6 nitrogen and oxygen atoms in total. The van der Waals surface area contributed by atoms with Gasteiger partial charge in [-0.25, -0.2) is 0 Å². The van der Waals surface area contributed by atoms with Gasteiger partial charge >= 0.3 is 0 Å². The van der Waals surface area contributed by atoms with Crippen LogP contribution in [0.1, 0.15) is 39.0 Å². The Morgan fingerprint density at radius 3 is 2.55 bits per heavy atom. The molecule has 2 saturated heterocycles. The van der Waals surface area contributed by atoms with Crippen LogP contribution >= 0.6 is 0 Å². The van der Waals surface area contributed by atoms with Gasteiger partial charge in [-0.2, -0.15) is 0 Å². The highest BCUT2D eigenvalue weighted by Gasteiger charge is 2.25. The van der Waals surface area contributed by atoms with E-state index in [1.165, 1.54) is 0 Å². The highest BCUT2D eigenvalue weighted by Crippen LogP contribution is 2.12. The number of aliphatic hydroxyl groups excluding tert-OH is 1. The maximum atomic E-state index is 12.4. The van der Waals surface area contributed by atoms with Gasteiger partial charge in [0.15, 0.2) is 0 Å². The third kappa shape index (κ3) is 4.95. The monoisotopic (exact) mass is 311 g/mol. The van der Waals surface area contributed by atoms with E-state index in [2.05, 4.69) is 4.90 Å². The molecule has 2 heterocycles. The first-order valence-corrected chi connectivity index (χ1v) is 8.56. The average Bonchev–Trinajstić information content (AvgIpc) is 2.73. The number of amides is 2. The van der Waals surface area contributed by atoms with Crippen molar-refractivity contribution in [3.05, 3.63) is 0 Å². The lowest BCUT2D eigenvalue weighted by Crippen LogP contribution is -2.52. The third-order valence-corrected chi connectivity index (χ3v) is 4.66. The van der Waals surface area contributed by atoms with Gasteiger partial charge < -0.3 is 14.9 Å². The topological polar surface area (TPSA) is 64.1 Å². The van der Waals surface area contributed by atoms with Crippen LogP contribution < -0.4 is 0 Å². The summed E-state index contributed by atoms with van der Waals surface area (Å²) in [6.45, 7) is 6.59. The molecule has 0 aromatic carbocycles. The molecule has 2 rings (SSSR count). The van der Waals surface area contributed by atoms with Crippen molar-refractivity contribution in [2.24, 2.45) is 0 Å². The highest BCUT2D eigenvalue weighted by molar-refractivity contribution is 5.85. The van der Waals surface area contributed by atoms with Crippen molar-refractivity contribution in [2.75, 3.05) is 45.8 Å². The van der Waals surface area contributed by atoms with Crippen LogP contribution in [-0.2, 0) is 9.59 Å². The summed E-state index contributed by atoms with van der Waals surface area (Å²) in [5.41, 5.74) is 0. The van der Waals surface area contributed by atoms with Gasteiger partial charge in [-0.05, 0) is 19.3 Å². The average molecular weight is 311 g/mol. The summed E-state index contributed by atoms with van der Waals surface area (Å²) in [5.74, 6) is 0.182. The SMILES string of the molecule is CC[C@@H](O)CN1CCN(C(=O)CN2CCCCCC2=O)CC1. The minimum absolute atomic E-state index is 0.0611. The van der Waals surface area contributed by atoms with Crippen molar-refractivity contribution in [1.29, 1.82) is 0 Å². The smallest absolute Gasteiger partial charge is 0.242 e. The fourth-order valence-corrected chi connectivity index (χ4v) is 3.08. The number of β-amino-alcohol motifs (C(OH)–C–C–N with tert-alkyl or cyclic N) is 1. The maximum Gasteiger partial charge on any atom is 0.242 e. The molecule has 0 spiro atoms. The molecule has 0 bridgehead atoms. The fourth-order valence-electron chi connectivity index (χ4n) is 3.08. The van der Waals surface area contributed by atoms with E-state index in [0.717, 1.165) is 38.8 Å². The molecule has 1 N–H and O–H groups in total. The van der Waals surface area contributed by atoms with Crippen molar-refractivity contribution in [1.82, 2.24) is 14.7 Å². The molecule has 0 radical (unpaired) electrons.